The Kier molecular flexibility index (Phi) is 2.78. The number of aryl methyl sites for hydroxylation is 1. The van der Waals surface area contributed by atoms with Crippen LogP contribution in [0.5, 0.6) is 0 Å². The van der Waals surface area contributed by atoms with Crippen molar-refractivity contribution in [3.8, 4) is 11.1 Å². The Hall–Kier alpha value is -1.80. The number of nitrogens with two attached hydrogens (primary N) is 1. The van der Waals surface area contributed by atoms with Crippen LogP contribution >= 0.6 is 0 Å². The van der Waals surface area contributed by atoms with Crippen LogP contribution in [-0.4, -0.2) is 13.1 Å². The van der Waals surface area contributed by atoms with Gasteiger partial charge in [-0.1, -0.05) is 24.3 Å². The predicted octanol–water partition coefficient (Wildman–Crippen LogP) is 3.12. The molecule has 0 spiro atoms. The van der Waals surface area contributed by atoms with Crippen molar-refractivity contribution in [3.05, 3.63) is 53.1 Å². The van der Waals surface area contributed by atoms with E-state index in [0.29, 0.717) is 6.54 Å². The van der Waals surface area contributed by atoms with Crippen LogP contribution in [0.2, 0.25) is 0 Å². The molecule has 0 saturated carbocycles. The summed E-state index contributed by atoms with van der Waals surface area (Å²) >= 11 is 0. The van der Waals surface area contributed by atoms with Gasteiger partial charge in [0.2, 0.25) is 0 Å². The van der Waals surface area contributed by atoms with E-state index in [9.17, 15) is 0 Å². The van der Waals surface area contributed by atoms with Crippen LogP contribution in [0.1, 0.15) is 23.1 Å². The molecule has 2 aromatic rings. The number of hydrogen-bond acceptors (Lipinski definition) is 2. The number of anilines is 1. The number of benzene rings is 2. The molecule has 0 saturated heterocycles. The highest BCUT2D eigenvalue weighted by atomic mass is 15.2. The standard InChI is InChI=1S/C18H20N2/c19-12-13-3-5-14(6-4-13)17-10-15-2-1-8-20-9-7-16(11-17)18(15)20/h3-6,10-11H,1-2,7-9,12,19H2. The van der Waals surface area contributed by atoms with Gasteiger partial charge >= 0.3 is 0 Å². The molecule has 0 bridgehead atoms. The number of rotatable bonds is 2. The van der Waals surface area contributed by atoms with Crippen LogP contribution in [0.4, 0.5) is 5.69 Å². The topological polar surface area (TPSA) is 29.3 Å². The van der Waals surface area contributed by atoms with Gasteiger partial charge in [0.25, 0.3) is 0 Å². The quantitative estimate of drug-likeness (QED) is 0.903. The smallest absolute Gasteiger partial charge is 0.0432 e. The summed E-state index contributed by atoms with van der Waals surface area (Å²) < 4.78 is 0. The van der Waals surface area contributed by atoms with Crippen molar-refractivity contribution in [1.82, 2.24) is 0 Å². The Morgan fingerprint density at radius 2 is 1.65 bits per heavy atom. The Morgan fingerprint density at radius 1 is 0.900 bits per heavy atom. The summed E-state index contributed by atoms with van der Waals surface area (Å²) in [6.45, 7) is 3.06. The lowest BCUT2D eigenvalue weighted by Crippen LogP contribution is -2.26. The van der Waals surface area contributed by atoms with E-state index in [1.807, 2.05) is 0 Å². The van der Waals surface area contributed by atoms with Crippen molar-refractivity contribution >= 4 is 5.69 Å². The zero-order valence-electron chi connectivity index (χ0n) is 11.7. The molecule has 2 nitrogen and oxygen atoms in total. The summed E-state index contributed by atoms with van der Waals surface area (Å²) in [7, 11) is 0. The molecule has 0 fully saturated rings. The average Bonchev–Trinajstić information content (AvgIpc) is 2.92. The number of hydrogen-bond donors (Lipinski definition) is 1. The minimum absolute atomic E-state index is 0.616. The van der Waals surface area contributed by atoms with Gasteiger partial charge in [-0.2, -0.15) is 0 Å². The molecule has 2 aliphatic rings. The van der Waals surface area contributed by atoms with Crippen molar-refractivity contribution < 1.29 is 0 Å². The lowest BCUT2D eigenvalue weighted by atomic mass is 9.93. The van der Waals surface area contributed by atoms with Gasteiger partial charge in [-0.25, -0.2) is 0 Å². The molecule has 0 aliphatic carbocycles. The Balaban J connectivity index is 1.79. The predicted molar refractivity (Wildman–Crippen MR) is 84.0 cm³/mol. The summed E-state index contributed by atoms with van der Waals surface area (Å²) in [6.07, 6.45) is 3.73. The van der Waals surface area contributed by atoms with Crippen molar-refractivity contribution in [1.29, 1.82) is 0 Å². The molecule has 2 aliphatic heterocycles. The SMILES string of the molecule is NCc1ccc(-c2cc3c4c(c2)CCN4CCC3)cc1. The molecule has 2 heterocycles. The van der Waals surface area contributed by atoms with Gasteiger partial charge < -0.3 is 10.6 Å². The van der Waals surface area contributed by atoms with E-state index in [1.54, 1.807) is 16.8 Å². The van der Waals surface area contributed by atoms with Crippen LogP contribution in [0.25, 0.3) is 11.1 Å². The molecule has 0 atom stereocenters. The molecule has 0 aromatic heterocycles. The van der Waals surface area contributed by atoms with Crippen molar-refractivity contribution in [3.63, 3.8) is 0 Å². The second-order valence-corrected chi connectivity index (χ2v) is 5.88. The molecule has 2 N–H and O–H groups in total. The van der Waals surface area contributed by atoms with Gasteiger partial charge in [0.1, 0.15) is 0 Å². The minimum atomic E-state index is 0.616. The first kappa shape index (κ1) is 12.0. The lowest BCUT2D eigenvalue weighted by Gasteiger charge is -2.27. The highest BCUT2D eigenvalue weighted by Gasteiger charge is 2.26. The maximum Gasteiger partial charge on any atom is 0.0432 e. The van der Waals surface area contributed by atoms with Crippen LogP contribution in [-0.2, 0) is 19.4 Å². The van der Waals surface area contributed by atoms with E-state index in [1.165, 1.54) is 49.0 Å². The molecule has 0 amide bonds. The summed E-state index contributed by atoms with van der Waals surface area (Å²) in [4.78, 5) is 2.56. The Morgan fingerprint density at radius 3 is 2.40 bits per heavy atom. The molecule has 0 unspecified atom stereocenters. The fourth-order valence-corrected chi connectivity index (χ4v) is 3.60. The largest absolute Gasteiger partial charge is 0.371 e. The van der Waals surface area contributed by atoms with Crippen LogP contribution in [0.3, 0.4) is 0 Å². The highest BCUT2D eigenvalue weighted by Crippen LogP contribution is 2.39. The van der Waals surface area contributed by atoms with E-state index in [4.69, 9.17) is 5.73 Å². The molecule has 2 aromatic carbocycles. The molecular formula is C18H20N2. The van der Waals surface area contributed by atoms with Gasteiger partial charge in [-0.15, -0.1) is 0 Å². The Labute approximate surface area is 120 Å². The van der Waals surface area contributed by atoms with Gasteiger partial charge in [-0.3, -0.25) is 0 Å². The molecule has 4 rings (SSSR count). The summed E-state index contributed by atoms with van der Waals surface area (Å²) in [5, 5.41) is 0. The Bertz CT molecular complexity index is 643. The lowest BCUT2D eigenvalue weighted by molar-refractivity contribution is 0.719. The average molecular weight is 264 g/mol. The number of nitrogens with zero attached hydrogens (tertiary/aromatic N) is 1. The van der Waals surface area contributed by atoms with Gasteiger partial charge in [-0.05, 0) is 59.2 Å². The fraction of sp³-hybridized carbons (Fsp3) is 0.333. The third-order valence-corrected chi connectivity index (χ3v) is 4.63. The zero-order chi connectivity index (χ0) is 13.5. The first-order chi connectivity index (χ1) is 9.85. The molecule has 102 valence electrons. The van der Waals surface area contributed by atoms with Crippen molar-refractivity contribution in [2.24, 2.45) is 5.73 Å². The summed E-state index contributed by atoms with van der Waals surface area (Å²) in [6, 6.07) is 13.5. The van der Waals surface area contributed by atoms with E-state index in [2.05, 4.69) is 41.3 Å². The van der Waals surface area contributed by atoms with Crippen LogP contribution in [0.15, 0.2) is 36.4 Å². The maximum absolute atomic E-state index is 5.68. The third kappa shape index (κ3) is 1.83. The monoisotopic (exact) mass is 264 g/mol. The molecule has 20 heavy (non-hydrogen) atoms. The fourth-order valence-electron chi connectivity index (χ4n) is 3.60. The molecular weight excluding hydrogens is 244 g/mol. The van der Waals surface area contributed by atoms with E-state index >= 15 is 0 Å². The van der Waals surface area contributed by atoms with Crippen molar-refractivity contribution in [2.45, 2.75) is 25.8 Å². The second-order valence-electron chi connectivity index (χ2n) is 5.88. The van der Waals surface area contributed by atoms with E-state index < -0.39 is 0 Å². The summed E-state index contributed by atoms with van der Waals surface area (Å²) in [5.41, 5.74) is 14.2. The van der Waals surface area contributed by atoms with Crippen LogP contribution in [0, 0.1) is 0 Å². The molecule has 2 heteroatoms. The first-order valence-corrected chi connectivity index (χ1v) is 7.55. The van der Waals surface area contributed by atoms with E-state index in [0.717, 1.165) is 0 Å². The van der Waals surface area contributed by atoms with Crippen LogP contribution < -0.4 is 10.6 Å². The maximum atomic E-state index is 5.68. The van der Waals surface area contributed by atoms with Gasteiger partial charge in [0.05, 0.1) is 0 Å². The van der Waals surface area contributed by atoms with E-state index in [-0.39, 0.29) is 0 Å². The highest BCUT2D eigenvalue weighted by molar-refractivity contribution is 5.74. The second kappa shape index (κ2) is 4.64. The van der Waals surface area contributed by atoms with Gasteiger partial charge in [0.15, 0.2) is 0 Å². The summed E-state index contributed by atoms with van der Waals surface area (Å²) in [5.74, 6) is 0. The zero-order valence-corrected chi connectivity index (χ0v) is 11.7. The normalized spacial score (nSPS) is 16.4. The minimum Gasteiger partial charge on any atom is -0.371 e. The van der Waals surface area contributed by atoms with Crippen molar-refractivity contribution in [2.75, 3.05) is 18.0 Å². The van der Waals surface area contributed by atoms with Gasteiger partial charge in [0, 0.05) is 25.3 Å². The third-order valence-electron chi connectivity index (χ3n) is 4.63. The first-order valence-electron chi connectivity index (χ1n) is 7.55. The molecule has 0 radical (unpaired) electrons.